The molecule has 0 aliphatic rings. The Labute approximate surface area is 143 Å². The van der Waals surface area contributed by atoms with Gasteiger partial charge in [0.15, 0.2) is 0 Å². The van der Waals surface area contributed by atoms with Crippen molar-refractivity contribution in [3.05, 3.63) is 108 Å². The molecule has 3 rings (SSSR count). The first-order valence-electron chi connectivity index (χ1n) is 8.34. The second-order valence-electron chi connectivity index (χ2n) is 6.04. The van der Waals surface area contributed by atoms with Gasteiger partial charge in [-0.15, -0.1) is 0 Å². The molecule has 0 aliphatic carbocycles. The van der Waals surface area contributed by atoms with Gasteiger partial charge in [0, 0.05) is 6.04 Å². The summed E-state index contributed by atoms with van der Waals surface area (Å²) in [5, 5.41) is 14.6. The smallest absolute Gasteiger partial charge is 0.0984 e. The van der Waals surface area contributed by atoms with Gasteiger partial charge in [0.05, 0.1) is 12.1 Å². The molecule has 2 unspecified atom stereocenters. The molecule has 122 valence electrons. The third-order valence-corrected chi connectivity index (χ3v) is 4.34. The van der Waals surface area contributed by atoms with Crippen molar-refractivity contribution in [1.82, 2.24) is 5.32 Å². The summed E-state index contributed by atoms with van der Waals surface area (Å²) in [4.78, 5) is 0. The molecule has 0 bridgehead atoms. The van der Waals surface area contributed by atoms with Crippen molar-refractivity contribution in [2.75, 3.05) is 0 Å². The standard InChI is InChI=1S/C22H23NO/c1-17(18-11-5-2-6-12-18)23-21(19-13-7-3-8-14-19)22(24)20-15-9-4-10-16-20/h2-17,21-24H,1H3/t17-,21?,22?/m0/s1. The normalized spacial score (nSPS) is 14.8. The quantitative estimate of drug-likeness (QED) is 0.683. The van der Waals surface area contributed by atoms with Gasteiger partial charge in [-0.25, -0.2) is 0 Å². The Balaban J connectivity index is 1.88. The van der Waals surface area contributed by atoms with Crippen LogP contribution in [0.25, 0.3) is 0 Å². The molecule has 24 heavy (non-hydrogen) atoms. The second-order valence-corrected chi connectivity index (χ2v) is 6.04. The first kappa shape index (κ1) is 16.4. The van der Waals surface area contributed by atoms with Crippen molar-refractivity contribution < 1.29 is 5.11 Å². The Kier molecular flexibility index (Phi) is 5.42. The topological polar surface area (TPSA) is 32.3 Å². The summed E-state index contributed by atoms with van der Waals surface area (Å²) >= 11 is 0. The number of aliphatic hydroxyl groups excluding tert-OH is 1. The lowest BCUT2D eigenvalue weighted by atomic mass is 9.94. The number of hydrogen-bond donors (Lipinski definition) is 2. The van der Waals surface area contributed by atoms with E-state index in [-0.39, 0.29) is 12.1 Å². The highest BCUT2D eigenvalue weighted by Gasteiger charge is 2.24. The zero-order valence-corrected chi connectivity index (χ0v) is 13.8. The Morgan fingerprint density at radius 1 is 0.625 bits per heavy atom. The average molecular weight is 317 g/mol. The summed E-state index contributed by atoms with van der Waals surface area (Å²) in [6.45, 7) is 2.13. The van der Waals surface area contributed by atoms with Crippen LogP contribution in [0, 0.1) is 0 Å². The van der Waals surface area contributed by atoms with Crippen LogP contribution in [-0.2, 0) is 0 Å². The van der Waals surface area contributed by atoms with Gasteiger partial charge in [-0.05, 0) is 23.6 Å². The number of aliphatic hydroxyl groups is 1. The molecule has 0 saturated heterocycles. The maximum absolute atomic E-state index is 11.0. The number of rotatable bonds is 6. The van der Waals surface area contributed by atoms with E-state index in [9.17, 15) is 5.11 Å². The summed E-state index contributed by atoms with van der Waals surface area (Å²) in [6, 6.07) is 30.2. The van der Waals surface area contributed by atoms with Crippen molar-refractivity contribution in [1.29, 1.82) is 0 Å². The van der Waals surface area contributed by atoms with Crippen molar-refractivity contribution >= 4 is 0 Å². The first-order valence-corrected chi connectivity index (χ1v) is 8.34. The van der Waals surface area contributed by atoms with Crippen LogP contribution < -0.4 is 5.32 Å². The van der Waals surface area contributed by atoms with E-state index >= 15 is 0 Å². The molecule has 3 aromatic carbocycles. The van der Waals surface area contributed by atoms with E-state index in [2.05, 4.69) is 36.5 Å². The number of benzene rings is 3. The van der Waals surface area contributed by atoms with Gasteiger partial charge in [0.2, 0.25) is 0 Å². The average Bonchev–Trinajstić information content (AvgIpc) is 2.67. The zero-order chi connectivity index (χ0) is 16.8. The highest BCUT2D eigenvalue weighted by molar-refractivity contribution is 5.27. The molecule has 0 aliphatic heterocycles. The molecular formula is C22H23NO. The number of nitrogens with one attached hydrogen (secondary N) is 1. The molecule has 2 heteroatoms. The second kappa shape index (κ2) is 7.91. The Hall–Kier alpha value is -2.42. The lowest BCUT2D eigenvalue weighted by molar-refractivity contribution is 0.123. The predicted molar refractivity (Wildman–Crippen MR) is 98.6 cm³/mol. The van der Waals surface area contributed by atoms with Crippen LogP contribution in [-0.4, -0.2) is 5.11 Å². The van der Waals surface area contributed by atoms with Gasteiger partial charge >= 0.3 is 0 Å². The van der Waals surface area contributed by atoms with E-state index in [1.54, 1.807) is 0 Å². The zero-order valence-electron chi connectivity index (χ0n) is 13.8. The SMILES string of the molecule is C[C@H](NC(c1ccccc1)C(O)c1ccccc1)c1ccccc1. The molecule has 0 saturated carbocycles. The van der Waals surface area contributed by atoms with E-state index < -0.39 is 6.10 Å². The van der Waals surface area contributed by atoms with E-state index in [1.165, 1.54) is 5.56 Å². The molecule has 0 aromatic heterocycles. The fourth-order valence-corrected chi connectivity index (χ4v) is 2.98. The van der Waals surface area contributed by atoms with Crippen molar-refractivity contribution in [3.63, 3.8) is 0 Å². The fourth-order valence-electron chi connectivity index (χ4n) is 2.98. The van der Waals surface area contributed by atoms with Gasteiger partial charge in [-0.1, -0.05) is 91.0 Å². The van der Waals surface area contributed by atoms with Crippen molar-refractivity contribution in [2.45, 2.75) is 25.1 Å². The van der Waals surface area contributed by atoms with Gasteiger partial charge in [0.25, 0.3) is 0 Å². The van der Waals surface area contributed by atoms with Crippen molar-refractivity contribution in [2.24, 2.45) is 0 Å². The van der Waals surface area contributed by atoms with Crippen LogP contribution in [0.1, 0.15) is 41.8 Å². The summed E-state index contributed by atoms with van der Waals surface area (Å²) < 4.78 is 0. The maximum atomic E-state index is 11.0. The first-order chi connectivity index (χ1) is 11.8. The highest BCUT2D eigenvalue weighted by atomic mass is 16.3. The lowest BCUT2D eigenvalue weighted by Gasteiger charge is -2.28. The van der Waals surface area contributed by atoms with Crippen LogP contribution in [0.2, 0.25) is 0 Å². The number of hydrogen-bond acceptors (Lipinski definition) is 2. The van der Waals surface area contributed by atoms with Crippen LogP contribution in [0.4, 0.5) is 0 Å². The lowest BCUT2D eigenvalue weighted by Crippen LogP contribution is -2.29. The monoisotopic (exact) mass is 317 g/mol. The molecule has 0 spiro atoms. The van der Waals surface area contributed by atoms with Gasteiger partial charge in [-0.2, -0.15) is 0 Å². The molecule has 3 atom stereocenters. The summed E-state index contributed by atoms with van der Waals surface area (Å²) in [6.07, 6.45) is -0.611. The third-order valence-electron chi connectivity index (χ3n) is 4.34. The molecule has 0 heterocycles. The van der Waals surface area contributed by atoms with Gasteiger partial charge < -0.3 is 10.4 Å². The predicted octanol–water partition coefficient (Wildman–Crippen LogP) is 4.81. The van der Waals surface area contributed by atoms with E-state index in [1.807, 2.05) is 66.7 Å². The van der Waals surface area contributed by atoms with Crippen LogP contribution in [0.5, 0.6) is 0 Å². The van der Waals surface area contributed by atoms with Gasteiger partial charge in [0.1, 0.15) is 0 Å². The minimum atomic E-state index is -0.611. The third kappa shape index (κ3) is 3.91. The van der Waals surface area contributed by atoms with Gasteiger partial charge in [-0.3, -0.25) is 0 Å². The summed E-state index contributed by atoms with van der Waals surface area (Å²) in [5.74, 6) is 0. The molecule has 0 radical (unpaired) electrons. The molecule has 2 N–H and O–H groups in total. The molecule has 0 amide bonds. The molecule has 2 nitrogen and oxygen atoms in total. The Morgan fingerprint density at radius 2 is 1.04 bits per heavy atom. The van der Waals surface area contributed by atoms with E-state index in [4.69, 9.17) is 0 Å². The largest absolute Gasteiger partial charge is 0.386 e. The van der Waals surface area contributed by atoms with Crippen LogP contribution in [0.15, 0.2) is 91.0 Å². The molecule has 0 fully saturated rings. The van der Waals surface area contributed by atoms with Crippen LogP contribution >= 0.6 is 0 Å². The van der Waals surface area contributed by atoms with E-state index in [0.717, 1.165) is 11.1 Å². The summed E-state index contributed by atoms with van der Waals surface area (Å²) in [7, 11) is 0. The van der Waals surface area contributed by atoms with E-state index in [0.29, 0.717) is 0 Å². The maximum Gasteiger partial charge on any atom is 0.0984 e. The fraction of sp³-hybridized carbons (Fsp3) is 0.182. The highest BCUT2D eigenvalue weighted by Crippen LogP contribution is 2.31. The minimum absolute atomic E-state index is 0.134. The van der Waals surface area contributed by atoms with Crippen LogP contribution in [0.3, 0.4) is 0 Å². The molecule has 3 aromatic rings. The summed E-state index contributed by atoms with van der Waals surface area (Å²) in [5.41, 5.74) is 3.20. The molecular weight excluding hydrogens is 294 g/mol. The Morgan fingerprint density at radius 3 is 1.54 bits per heavy atom. The van der Waals surface area contributed by atoms with Crippen molar-refractivity contribution in [3.8, 4) is 0 Å². The Bertz CT molecular complexity index is 728. The minimum Gasteiger partial charge on any atom is -0.386 e.